The van der Waals surface area contributed by atoms with E-state index < -0.39 is 0 Å². The molecule has 0 saturated heterocycles. The summed E-state index contributed by atoms with van der Waals surface area (Å²) < 4.78 is 0. The van der Waals surface area contributed by atoms with Crippen molar-refractivity contribution in [1.82, 2.24) is 10.2 Å². The fourth-order valence-electron chi connectivity index (χ4n) is 3.43. The van der Waals surface area contributed by atoms with Crippen molar-refractivity contribution in [1.29, 1.82) is 0 Å². The molecule has 2 nitrogen and oxygen atoms in total. The molecule has 0 aromatic carbocycles. The number of nitrogens with one attached hydrogen (secondary N) is 2. The molecule has 0 radical (unpaired) electrons. The van der Waals surface area contributed by atoms with Gasteiger partial charge in [-0.3, -0.25) is 10.2 Å². The molecule has 140 valence electrons. The molecule has 0 bridgehead atoms. The van der Waals surface area contributed by atoms with Crippen LogP contribution in [0, 0.1) is 0 Å². The predicted molar refractivity (Wildman–Crippen MR) is 113 cm³/mol. The second kappa shape index (κ2) is 8.44. The van der Waals surface area contributed by atoms with Crippen molar-refractivity contribution in [3.8, 4) is 0 Å². The topological polar surface area (TPSA) is 24.1 Å². The lowest BCUT2D eigenvalue weighted by atomic mass is 10.2. The molecule has 4 heteroatoms. The van der Waals surface area contributed by atoms with Crippen LogP contribution >= 0.6 is 16.1 Å². The summed E-state index contributed by atoms with van der Waals surface area (Å²) in [5.41, 5.74) is 0. The van der Waals surface area contributed by atoms with Gasteiger partial charge in [-0.15, -0.1) is 0 Å². The van der Waals surface area contributed by atoms with Crippen LogP contribution in [0.15, 0.2) is 0 Å². The first-order chi connectivity index (χ1) is 9.97. The standard InChI is InChI=1S/C19H44N2P2/c1-16(2,3)22(17(4,5)6)20-14-13-15-21-23(18(7,8)9)19(10,11)12/h20-21H,13-15H2,1-12H3. The molecule has 23 heavy (non-hydrogen) atoms. The van der Waals surface area contributed by atoms with Crippen LogP contribution in [-0.4, -0.2) is 33.7 Å². The molecule has 0 aliphatic heterocycles. The van der Waals surface area contributed by atoms with Crippen molar-refractivity contribution in [2.45, 2.75) is 110 Å². The van der Waals surface area contributed by atoms with Gasteiger partial charge in [0.05, 0.1) is 0 Å². The largest absolute Gasteiger partial charge is 0.295 e. The molecule has 0 aromatic rings. The Hall–Kier alpha value is 0.780. The van der Waals surface area contributed by atoms with Crippen molar-refractivity contribution in [3.05, 3.63) is 0 Å². The normalized spacial score (nSPS) is 14.9. The van der Waals surface area contributed by atoms with E-state index in [9.17, 15) is 0 Å². The molecule has 0 unspecified atom stereocenters. The highest BCUT2D eigenvalue weighted by Gasteiger charge is 2.35. The molecule has 0 aliphatic rings. The lowest BCUT2D eigenvalue weighted by Gasteiger charge is -2.42. The molecule has 0 spiro atoms. The van der Waals surface area contributed by atoms with Crippen LogP contribution in [-0.2, 0) is 0 Å². The third kappa shape index (κ3) is 9.15. The van der Waals surface area contributed by atoms with E-state index in [0.29, 0.717) is 20.6 Å². The average molecular weight is 363 g/mol. The molecule has 0 aromatic heterocycles. The van der Waals surface area contributed by atoms with Gasteiger partial charge in [0, 0.05) is 13.1 Å². The summed E-state index contributed by atoms with van der Waals surface area (Å²) >= 11 is 0. The summed E-state index contributed by atoms with van der Waals surface area (Å²) in [6, 6.07) is 0. The van der Waals surface area contributed by atoms with Crippen LogP contribution in [0.1, 0.15) is 89.5 Å². The van der Waals surface area contributed by atoms with Crippen LogP contribution in [0.3, 0.4) is 0 Å². The Morgan fingerprint density at radius 3 is 0.870 bits per heavy atom. The van der Waals surface area contributed by atoms with E-state index in [1.807, 2.05) is 0 Å². The summed E-state index contributed by atoms with van der Waals surface area (Å²) in [5.74, 6) is 0. The fourth-order valence-corrected chi connectivity index (χ4v) is 10.1. The minimum atomic E-state index is -0.192. The van der Waals surface area contributed by atoms with Gasteiger partial charge in [-0.25, -0.2) is 0 Å². The summed E-state index contributed by atoms with van der Waals surface area (Å²) in [7, 11) is -0.385. The second-order valence-corrected chi connectivity index (χ2v) is 17.9. The first-order valence-electron chi connectivity index (χ1n) is 9.05. The minimum Gasteiger partial charge on any atom is -0.295 e. The molecule has 0 atom stereocenters. The van der Waals surface area contributed by atoms with E-state index in [1.165, 1.54) is 6.42 Å². The Labute approximate surface area is 150 Å². The van der Waals surface area contributed by atoms with E-state index in [-0.39, 0.29) is 16.1 Å². The summed E-state index contributed by atoms with van der Waals surface area (Å²) in [6.45, 7) is 30.7. The molecule has 0 rings (SSSR count). The van der Waals surface area contributed by atoms with Gasteiger partial charge in [-0.05, 0) is 43.2 Å². The van der Waals surface area contributed by atoms with Crippen molar-refractivity contribution < 1.29 is 0 Å². The summed E-state index contributed by atoms with van der Waals surface area (Å²) in [5, 5.41) is 9.17. The Morgan fingerprint density at radius 1 is 0.478 bits per heavy atom. The van der Waals surface area contributed by atoms with E-state index in [0.717, 1.165) is 13.1 Å². The van der Waals surface area contributed by atoms with Gasteiger partial charge < -0.3 is 0 Å². The van der Waals surface area contributed by atoms with Crippen molar-refractivity contribution >= 4 is 16.1 Å². The van der Waals surface area contributed by atoms with Gasteiger partial charge in [0.25, 0.3) is 0 Å². The summed E-state index contributed by atoms with van der Waals surface area (Å²) in [6.07, 6.45) is 1.20. The Balaban J connectivity index is 4.46. The van der Waals surface area contributed by atoms with Crippen LogP contribution in [0.4, 0.5) is 0 Å². The number of hydrogen-bond donors (Lipinski definition) is 2. The van der Waals surface area contributed by atoms with Gasteiger partial charge >= 0.3 is 0 Å². The zero-order valence-corrected chi connectivity index (χ0v) is 19.8. The van der Waals surface area contributed by atoms with Gasteiger partial charge in [-0.2, -0.15) is 0 Å². The molecule has 0 aliphatic carbocycles. The van der Waals surface area contributed by atoms with Crippen molar-refractivity contribution in [3.63, 3.8) is 0 Å². The highest BCUT2D eigenvalue weighted by Crippen LogP contribution is 2.56. The van der Waals surface area contributed by atoms with Gasteiger partial charge in [-0.1, -0.05) is 83.1 Å². The first-order valence-corrected chi connectivity index (χ1v) is 11.7. The third-order valence-electron chi connectivity index (χ3n) is 3.58. The fraction of sp³-hybridized carbons (Fsp3) is 1.00. The van der Waals surface area contributed by atoms with E-state index >= 15 is 0 Å². The van der Waals surface area contributed by atoms with Crippen LogP contribution in [0.25, 0.3) is 0 Å². The smallest absolute Gasteiger partial charge is 0.000260 e. The Bertz CT molecular complexity index is 278. The maximum absolute atomic E-state index is 3.88. The number of hydrogen-bond acceptors (Lipinski definition) is 2. The van der Waals surface area contributed by atoms with Gasteiger partial charge in [0.1, 0.15) is 0 Å². The molecule has 0 fully saturated rings. The number of rotatable bonds is 6. The van der Waals surface area contributed by atoms with E-state index in [1.54, 1.807) is 0 Å². The predicted octanol–water partition coefficient (Wildman–Crippen LogP) is 6.54. The SMILES string of the molecule is CC(C)(C)P(NCCCNP(C(C)(C)C)C(C)(C)C)C(C)(C)C. The maximum atomic E-state index is 3.88. The van der Waals surface area contributed by atoms with Crippen LogP contribution < -0.4 is 10.2 Å². The maximum Gasteiger partial charge on any atom is 0.000260 e. The zero-order valence-electron chi connectivity index (χ0n) is 18.0. The monoisotopic (exact) mass is 362 g/mol. The molecular formula is C19H44N2P2. The van der Waals surface area contributed by atoms with Crippen LogP contribution in [0.5, 0.6) is 0 Å². The minimum absolute atomic E-state index is 0.192. The Morgan fingerprint density at radius 2 is 0.696 bits per heavy atom. The Kier molecular flexibility index (Phi) is 8.73. The molecule has 0 saturated carbocycles. The molecular weight excluding hydrogens is 318 g/mol. The summed E-state index contributed by atoms with van der Waals surface area (Å²) in [4.78, 5) is 0. The highest BCUT2D eigenvalue weighted by molar-refractivity contribution is 7.59. The van der Waals surface area contributed by atoms with E-state index in [4.69, 9.17) is 0 Å². The molecule has 0 heterocycles. The average Bonchev–Trinajstić information content (AvgIpc) is 2.19. The third-order valence-corrected chi connectivity index (χ3v) is 10.0. The van der Waals surface area contributed by atoms with E-state index in [2.05, 4.69) is 93.3 Å². The lowest BCUT2D eigenvalue weighted by molar-refractivity contribution is 0.656. The zero-order chi connectivity index (χ0) is 18.7. The molecule has 2 N–H and O–H groups in total. The van der Waals surface area contributed by atoms with Crippen molar-refractivity contribution in [2.24, 2.45) is 0 Å². The lowest BCUT2D eigenvalue weighted by Crippen LogP contribution is -2.35. The molecule has 0 amide bonds. The second-order valence-electron chi connectivity index (χ2n) is 10.5. The van der Waals surface area contributed by atoms with Crippen LogP contribution in [0.2, 0.25) is 0 Å². The first kappa shape index (κ1) is 23.8. The highest BCUT2D eigenvalue weighted by atomic mass is 31.1. The van der Waals surface area contributed by atoms with Gasteiger partial charge in [0.15, 0.2) is 0 Å². The quantitative estimate of drug-likeness (QED) is 0.414. The van der Waals surface area contributed by atoms with Crippen molar-refractivity contribution in [2.75, 3.05) is 13.1 Å². The van der Waals surface area contributed by atoms with Gasteiger partial charge in [0.2, 0.25) is 0 Å².